The number of aryl methyl sites for hydroxylation is 1. The largest absolute Gasteiger partial charge is 0.366 e. The zero-order valence-corrected chi connectivity index (χ0v) is 13.6. The first-order valence-corrected chi connectivity index (χ1v) is 7.48. The molecule has 4 N–H and O–H groups in total. The molecule has 2 aromatic rings. The van der Waals surface area contributed by atoms with Crippen molar-refractivity contribution in [2.45, 2.75) is 19.9 Å². The highest BCUT2D eigenvalue weighted by molar-refractivity contribution is 6.31. The third-order valence-electron chi connectivity index (χ3n) is 3.47. The molecular formula is C17H18ClN3O2. The van der Waals surface area contributed by atoms with E-state index in [9.17, 15) is 9.59 Å². The van der Waals surface area contributed by atoms with Gasteiger partial charge in [-0.1, -0.05) is 29.8 Å². The van der Waals surface area contributed by atoms with Crippen LogP contribution in [0.15, 0.2) is 42.5 Å². The molecular weight excluding hydrogens is 314 g/mol. The zero-order chi connectivity index (χ0) is 17.0. The van der Waals surface area contributed by atoms with E-state index in [0.29, 0.717) is 21.8 Å². The molecule has 2 aromatic carbocycles. The van der Waals surface area contributed by atoms with E-state index in [1.54, 1.807) is 31.2 Å². The molecule has 1 atom stereocenters. The Morgan fingerprint density at radius 3 is 2.48 bits per heavy atom. The fraction of sp³-hybridized carbons (Fsp3) is 0.176. The van der Waals surface area contributed by atoms with Gasteiger partial charge in [-0.25, -0.2) is 4.79 Å². The van der Waals surface area contributed by atoms with E-state index in [1.807, 2.05) is 25.1 Å². The van der Waals surface area contributed by atoms with Crippen molar-refractivity contribution < 1.29 is 9.59 Å². The average Bonchev–Trinajstić information content (AvgIpc) is 2.47. The molecule has 23 heavy (non-hydrogen) atoms. The van der Waals surface area contributed by atoms with Crippen LogP contribution in [-0.4, -0.2) is 11.9 Å². The number of carbonyl (C=O) groups is 2. The van der Waals surface area contributed by atoms with Gasteiger partial charge in [0.2, 0.25) is 5.91 Å². The lowest BCUT2D eigenvalue weighted by molar-refractivity contribution is 0.0999. The summed E-state index contributed by atoms with van der Waals surface area (Å²) < 4.78 is 0. The molecule has 0 aliphatic heterocycles. The van der Waals surface area contributed by atoms with E-state index < -0.39 is 5.91 Å². The maximum atomic E-state index is 12.1. The quantitative estimate of drug-likeness (QED) is 0.799. The highest BCUT2D eigenvalue weighted by Gasteiger charge is 2.13. The zero-order valence-electron chi connectivity index (χ0n) is 12.9. The molecule has 0 bridgehead atoms. The Labute approximate surface area is 139 Å². The standard InChI is InChI=1S/C17H18ClN3O2/c1-10-9-12(7-8-13(10)16(19)22)21-17(23)20-11(2)14-5-3-4-6-15(14)18/h3-9,11H,1-2H3,(H2,19,22)(H2,20,21,23). The van der Waals surface area contributed by atoms with Crippen molar-refractivity contribution >= 4 is 29.2 Å². The molecule has 0 aliphatic rings. The van der Waals surface area contributed by atoms with E-state index >= 15 is 0 Å². The second kappa shape index (κ2) is 7.15. The van der Waals surface area contributed by atoms with Gasteiger partial charge in [-0.2, -0.15) is 0 Å². The Bertz CT molecular complexity index is 746. The van der Waals surface area contributed by atoms with Crippen molar-refractivity contribution in [3.05, 3.63) is 64.2 Å². The minimum Gasteiger partial charge on any atom is -0.366 e. The number of hydrogen-bond donors (Lipinski definition) is 3. The molecule has 0 heterocycles. The number of halogens is 1. The SMILES string of the molecule is Cc1cc(NC(=O)NC(C)c2ccccc2Cl)ccc1C(N)=O. The Hall–Kier alpha value is -2.53. The maximum Gasteiger partial charge on any atom is 0.319 e. The number of rotatable bonds is 4. The number of hydrogen-bond acceptors (Lipinski definition) is 2. The Morgan fingerprint density at radius 1 is 1.17 bits per heavy atom. The van der Waals surface area contributed by atoms with Crippen molar-refractivity contribution in [2.75, 3.05) is 5.32 Å². The number of nitrogens with one attached hydrogen (secondary N) is 2. The Balaban J connectivity index is 2.04. The predicted molar refractivity (Wildman–Crippen MR) is 91.7 cm³/mol. The lowest BCUT2D eigenvalue weighted by Gasteiger charge is -2.16. The summed E-state index contributed by atoms with van der Waals surface area (Å²) in [5.41, 5.74) is 7.81. The molecule has 6 heteroatoms. The molecule has 3 amide bonds. The van der Waals surface area contributed by atoms with Crippen LogP contribution in [0, 0.1) is 6.92 Å². The summed E-state index contributed by atoms with van der Waals surface area (Å²) >= 11 is 6.12. The number of primary amides is 1. The van der Waals surface area contributed by atoms with Gasteiger partial charge in [0.1, 0.15) is 0 Å². The van der Waals surface area contributed by atoms with E-state index in [-0.39, 0.29) is 12.1 Å². The van der Waals surface area contributed by atoms with Gasteiger partial charge in [-0.15, -0.1) is 0 Å². The highest BCUT2D eigenvalue weighted by Crippen LogP contribution is 2.22. The van der Waals surface area contributed by atoms with E-state index in [0.717, 1.165) is 5.56 Å². The molecule has 5 nitrogen and oxygen atoms in total. The third kappa shape index (κ3) is 4.23. The first-order chi connectivity index (χ1) is 10.9. The van der Waals surface area contributed by atoms with Crippen LogP contribution in [0.25, 0.3) is 0 Å². The Morgan fingerprint density at radius 2 is 1.87 bits per heavy atom. The Kier molecular flexibility index (Phi) is 5.24. The highest BCUT2D eigenvalue weighted by atomic mass is 35.5. The van der Waals surface area contributed by atoms with E-state index in [4.69, 9.17) is 17.3 Å². The van der Waals surface area contributed by atoms with Crippen molar-refractivity contribution in [1.29, 1.82) is 0 Å². The first kappa shape index (κ1) is 16.8. The fourth-order valence-electron chi connectivity index (χ4n) is 2.29. The molecule has 0 saturated heterocycles. The summed E-state index contributed by atoms with van der Waals surface area (Å²) in [5, 5.41) is 6.14. The molecule has 0 aromatic heterocycles. The molecule has 0 fully saturated rings. The topological polar surface area (TPSA) is 84.2 Å². The molecule has 2 rings (SSSR count). The van der Waals surface area contributed by atoms with Crippen LogP contribution in [0.2, 0.25) is 5.02 Å². The van der Waals surface area contributed by atoms with Gasteiger partial charge in [0, 0.05) is 16.3 Å². The fourth-order valence-corrected chi connectivity index (χ4v) is 2.59. The summed E-state index contributed by atoms with van der Waals surface area (Å²) in [5.74, 6) is -0.495. The van der Waals surface area contributed by atoms with Gasteiger partial charge in [0.05, 0.1) is 6.04 Å². The van der Waals surface area contributed by atoms with Crippen LogP contribution in [0.1, 0.15) is 34.5 Å². The van der Waals surface area contributed by atoms with E-state index in [2.05, 4.69) is 10.6 Å². The minimum atomic E-state index is -0.495. The van der Waals surface area contributed by atoms with Gasteiger partial charge < -0.3 is 16.4 Å². The lowest BCUT2D eigenvalue weighted by atomic mass is 10.1. The van der Waals surface area contributed by atoms with Crippen LogP contribution in [0.4, 0.5) is 10.5 Å². The molecule has 0 saturated carbocycles. The van der Waals surface area contributed by atoms with Crippen LogP contribution in [-0.2, 0) is 0 Å². The van der Waals surface area contributed by atoms with Gasteiger partial charge in [-0.05, 0) is 49.2 Å². The number of benzene rings is 2. The summed E-state index contributed by atoms with van der Waals surface area (Å²) in [6.45, 7) is 3.61. The van der Waals surface area contributed by atoms with Crippen LogP contribution in [0.5, 0.6) is 0 Å². The number of carbonyl (C=O) groups excluding carboxylic acids is 2. The van der Waals surface area contributed by atoms with Crippen molar-refractivity contribution in [2.24, 2.45) is 5.73 Å². The van der Waals surface area contributed by atoms with Crippen LogP contribution in [0.3, 0.4) is 0 Å². The average molecular weight is 332 g/mol. The van der Waals surface area contributed by atoms with Crippen molar-refractivity contribution in [3.63, 3.8) is 0 Å². The number of nitrogens with two attached hydrogens (primary N) is 1. The lowest BCUT2D eigenvalue weighted by Crippen LogP contribution is -2.31. The normalized spacial score (nSPS) is 11.6. The smallest absolute Gasteiger partial charge is 0.319 e. The van der Waals surface area contributed by atoms with Crippen LogP contribution < -0.4 is 16.4 Å². The van der Waals surface area contributed by atoms with Gasteiger partial charge in [-0.3, -0.25) is 4.79 Å². The summed E-state index contributed by atoms with van der Waals surface area (Å²) in [7, 11) is 0. The number of anilines is 1. The van der Waals surface area contributed by atoms with E-state index in [1.165, 1.54) is 0 Å². The predicted octanol–water partition coefficient (Wildman–Crippen LogP) is 3.63. The number of urea groups is 1. The molecule has 120 valence electrons. The summed E-state index contributed by atoms with van der Waals surface area (Å²) in [6.07, 6.45) is 0. The monoisotopic (exact) mass is 331 g/mol. The molecule has 1 unspecified atom stereocenters. The minimum absolute atomic E-state index is 0.241. The van der Waals surface area contributed by atoms with Crippen molar-refractivity contribution in [1.82, 2.24) is 5.32 Å². The maximum absolute atomic E-state index is 12.1. The van der Waals surface area contributed by atoms with Crippen molar-refractivity contribution in [3.8, 4) is 0 Å². The second-order valence-electron chi connectivity index (χ2n) is 5.24. The van der Waals surface area contributed by atoms with Gasteiger partial charge in [0.15, 0.2) is 0 Å². The van der Waals surface area contributed by atoms with Crippen LogP contribution >= 0.6 is 11.6 Å². The first-order valence-electron chi connectivity index (χ1n) is 7.11. The molecule has 0 spiro atoms. The van der Waals surface area contributed by atoms with Gasteiger partial charge >= 0.3 is 6.03 Å². The summed E-state index contributed by atoms with van der Waals surface area (Å²) in [4.78, 5) is 23.3. The molecule has 0 aliphatic carbocycles. The number of amides is 3. The third-order valence-corrected chi connectivity index (χ3v) is 3.81. The van der Waals surface area contributed by atoms with Gasteiger partial charge in [0.25, 0.3) is 0 Å². The molecule has 0 radical (unpaired) electrons. The summed E-state index contributed by atoms with van der Waals surface area (Å²) in [6, 6.07) is 11.7. The second-order valence-corrected chi connectivity index (χ2v) is 5.64.